The summed E-state index contributed by atoms with van der Waals surface area (Å²) < 4.78 is 0. The molecule has 1 amide bonds. The molecule has 0 bridgehead atoms. The van der Waals surface area contributed by atoms with Crippen molar-refractivity contribution in [3.8, 4) is 0 Å². The average molecular weight is 277 g/mol. The van der Waals surface area contributed by atoms with Crippen molar-refractivity contribution in [2.75, 3.05) is 6.54 Å². The molecule has 0 fully saturated rings. The maximum absolute atomic E-state index is 11.9. The molecule has 2 N–H and O–H groups in total. The first-order valence-corrected chi connectivity index (χ1v) is 6.98. The maximum atomic E-state index is 11.9. The Balaban J connectivity index is 2.55. The molecule has 0 saturated carbocycles. The summed E-state index contributed by atoms with van der Waals surface area (Å²) in [6.07, 6.45) is 0.977. The summed E-state index contributed by atoms with van der Waals surface area (Å²) >= 11 is 0. The molecule has 1 unspecified atom stereocenters. The third-order valence-corrected chi connectivity index (χ3v) is 3.16. The molecule has 1 atom stereocenters. The van der Waals surface area contributed by atoms with E-state index in [1.54, 1.807) is 0 Å². The summed E-state index contributed by atoms with van der Waals surface area (Å²) in [6, 6.07) is 8.05. The number of aliphatic carboxylic acids is 1. The molecule has 1 rings (SSSR count). The molecule has 4 nitrogen and oxygen atoms in total. The zero-order chi connectivity index (χ0) is 15.1. The van der Waals surface area contributed by atoms with Crippen molar-refractivity contribution in [3.63, 3.8) is 0 Å². The molecule has 0 spiro atoms. The number of carboxylic acids is 1. The molecule has 0 radical (unpaired) electrons. The van der Waals surface area contributed by atoms with Crippen molar-refractivity contribution in [3.05, 3.63) is 35.4 Å². The fraction of sp³-hybridized carbons (Fsp3) is 0.500. The molecular formula is C16H23NO3. The van der Waals surface area contributed by atoms with Crippen molar-refractivity contribution in [2.45, 2.75) is 39.5 Å². The van der Waals surface area contributed by atoms with Crippen LogP contribution in [-0.2, 0) is 16.0 Å². The minimum absolute atomic E-state index is 0.0498. The van der Waals surface area contributed by atoms with Crippen LogP contribution in [0.25, 0.3) is 0 Å². The fourth-order valence-electron chi connectivity index (χ4n) is 2.01. The van der Waals surface area contributed by atoms with E-state index in [1.165, 1.54) is 5.56 Å². The van der Waals surface area contributed by atoms with Crippen molar-refractivity contribution in [2.24, 2.45) is 5.92 Å². The van der Waals surface area contributed by atoms with Crippen LogP contribution in [-0.4, -0.2) is 23.5 Å². The number of carboxylic acid groups (broad SMARTS) is 1. The Morgan fingerprint density at radius 2 is 1.75 bits per heavy atom. The predicted octanol–water partition coefficient (Wildman–Crippen LogP) is 2.58. The molecule has 1 aromatic rings. The van der Waals surface area contributed by atoms with Gasteiger partial charge in [0.15, 0.2) is 0 Å². The molecule has 4 heteroatoms. The summed E-state index contributed by atoms with van der Waals surface area (Å²) in [4.78, 5) is 22.3. The quantitative estimate of drug-likeness (QED) is 0.805. The summed E-state index contributed by atoms with van der Waals surface area (Å²) in [5.74, 6) is -0.701. The summed E-state index contributed by atoms with van der Waals surface area (Å²) in [5.41, 5.74) is 2.22. The summed E-state index contributed by atoms with van der Waals surface area (Å²) in [6.45, 7) is 6.34. The van der Waals surface area contributed by atoms with Gasteiger partial charge in [-0.3, -0.25) is 9.59 Å². The first kappa shape index (κ1) is 16.2. The molecule has 0 aliphatic heterocycles. The Kier molecular flexibility index (Phi) is 6.22. The van der Waals surface area contributed by atoms with Gasteiger partial charge in [0.2, 0.25) is 5.91 Å². The second-order valence-corrected chi connectivity index (χ2v) is 5.50. The largest absolute Gasteiger partial charge is 0.481 e. The number of carbonyl (C=O) groups excluding carboxylic acids is 1. The van der Waals surface area contributed by atoms with Crippen molar-refractivity contribution in [1.29, 1.82) is 0 Å². The molecule has 20 heavy (non-hydrogen) atoms. The lowest BCUT2D eigenvalue weighted by atomic mass is 9.96. The number of benzene rings is 1. The van der Waals surface area contributed by atoms with Gasteiger partial charge in [0.05, 0.1) is 12.3 Å². The smallest absolute Gasteiger partial charge is 0.305 e. The minimum atomic E-state index is -0.906. The number of rotatable bonds is 7. The van der Waals surface area contributed by atoms with Crippen LogP contribution in [0.15, 0.2) is 24.3 Å². The van der Waals surface area contributed by atoms with Crippen LogP contribution in [0.1, 0.15) is 44.2 Å². The second kappa shape index (κ2) is 7.68. The molecule has 0 aliphatic carbocycles. The number of amides is 1. The Hall–Kier alpha value is -1.84. The molecule has 0 heterocycles. The summed E-state index contributed by atoms with van der Waals surface area (Å²) in [7, 11) is 0. The van der Waals surface area contributed by atoms with Crippen LogP contribution in [0.2, 0.25) is 0 Å². The van der Waals surface area contributed by atoms with E-state index in [0.717, 1.165) is 12.0 Å². The van der Waals surface area contributed by atoms with E-state index in [4.69, 9.17) is 5.11 Å². The molecule has 1 aromatic carbocycles. The van der Waals surface area contributed by atoms with Gasteiger partial charge >= 0.3 is 5.97 Å². The Morgan fingerprint density at radius 1 is 1.15 bits per heavy atom. The van der Waals surface area contributed by atoms with E-state index in [1.807, 2.05) is 19.1 Å². The zero-order valence-electron chi connectivity index (χ0n) is 12.3. The highest BCUT2D eigenvalue weighted by molar-refractivity contribution is 5.83. The third-order valence-electron chi connectivity index (χ3n) is 3.16. The minimum Gasteiger partial charge on any atom is -0.481 e. The average Bonchev–Trinajstić information content (AvgIpc) is 2.37. The van der Waals surface area contributed by atoms with Crippen LogP contribution in [0.3, 0.4) is 0 Å². The molecule has 0 saturated heterocycles. The number of hydrogen-bond donors (Lipinski definition) is 2. The van der Waals surface area contributed by atoms with E-state index in [2.05, 4.69) is 31.3 Å². The maximum Gasteiger partial charge on any atom is 0.305 e. The zero-order valence-corrected chi connectivity index (χ0v) is 12.3. The Labute approximate surface area is 120 Å². The Bertz CT molecular complexity index is 451. The monoisotopic (exact) mass is 277 g/mol. The standard InChI is InChI=1S/C16H23NO3/c1-11(2)10-13-4-6-14(7-5-13)12(3)16(20)17-9-8-15(18)19/h4-7,11-12H,8-10H2,1-3H3,(H,17,20)(H,18,19). The summed E-state index contributed by atoms with van der Waals surface area (Å²) in [5, 5.41) is 11.2. The number of nitrogens with one attached hydrogen (secondary N) is 1. The van der Waals surface area contributed by atoms with Crippen molar-refractivity contribution in [1.82, 2.24) is 5.32 Å². The highest BCUT2D eigenvalue weighted by atomic mass is 16.4. The first-order chi connectivity index (χ1) is 9.40. The van der Waals surface area contributed by atoms with Gasteiger partial charge < -0.3 is 10.4 Å². The van der Waals surface area contributed by atoms with E-state index in [0.29, 0.717) is 5.92 Å². The van der Waals surface area contributed by atoms with Crippen LogP contribution >= 0.6 is 0 Å². The third kappa shape index (κ3) is 5.43. The van der Waals surface area contributed by atoms with Gasteiger partial charge in [0.25, 0.3) is 0 Å². The molecular weight excluding hydrogens is 254 g/mol. The lowest BCUT2D eigenvalue weighted by molar-refractivity contribution is -0.136. The second-order valence-electron chi connectivity index (χ2n) is 5.50. The van der Waals surface area contributed by atoms with E-state index in [-0.39, 0.29) is 24.8 Å². The van der Waals surface area contributed by atoms with Crippen LogP contribution in [0.4, 0.5) is 0 Å². The van der Waals surface area contributed by atoms with Gasteiger partial charge in [-0.25, -0.2) is 0 Å². The van der Waals surface area contributed by atoms with Gasteiger partial charge in [0, 0.05) is 6.54 Å². The number of carbonyl (C=O) groups is 2. The normalized spacial score (nSPS) is 12.2. The first-order valence-electron chi connectivity index (χ1n) is 6.98. The van der Waals surface area contributed by atoms with E-state index >= 15 is 0 Å². The van der Waals surface area contributed by atoms with Crippen LogP contribution in [0, 0.1) is 5.92 Å². The van der Waals surface area contributed by atoms with Crippen LogP contribution in [0.5, 0.6) is 0 Å². The highest BCUT2D eigenvalue weighted by Crippen LogP contribution is 2.17. The number of hydrogen-bond acceptors (Lipinski definition) is 2. The lowest BCUT2D eigenvalue weighted by Gasteiger charge is -2.13. The van der Waals surface area contributed by atoms with Gasteiger partial charge in [-0.15, -0.1) is 0 Å². The molecule has 110 valence electrons. The van der Waals surface area contributed by atoms with Crippen molar-refractivity contribution < 1.29 is 14.7 Å². The SMILES string of the molecule is CC(C)Cc1ccc(C(C)C(=O)NCCC(=O)O)cc1. The van der Waals surface area contributed by atoms with Crippen LogP contribution < -0.4 is 5.32 Å². The topological polar surface area (TPSA) is 66.4 Å². The fourth-order valence-corrected chi connectivity index (χ4v) is 2.01. The van der Waals surface area contributed by atoms with E-state index in [9.17, 15) is 9.59 Å². The van der Waals surface area contributed by atoms with Gasteiger partial charge in [-0.2, -0.15) is 0 Å². The van der Waals surface area contributed by atoms with Crippen molar-refractivity contribution >= 4 is 11.9 Å². The molecule has 0 aliphatic rings. The Morgan fingerprint density at radius 3 is 2.25 bits per heavy atom. The molecule has 0 aromatic heterocycles. The predicted molar refractivity (Wildman–Crippen MR) is 78.7 cm³/mol. The van der Waals surface area contributed by atoms with Gasteiger partial charge in [0.1, 0.15) is 0 Å². The van der Waals surface area contributed by atoms with Gasteiger partial charge in [-0.1, -0.05) is 38.1 Å². The van der Waals surface area contributed by atoms with E-state index < -0.39 is 5.97 Å². The lowest BCUT2D eigenvalue weighted by Crippen LogP contribution is -2.29. The van der Waals surface area contributed by atoms with Gasteiger partial charge in [-0.05, 0) is 30.4 Å². The highest BCUT2D eigenvalue weighted by Gasteiger charge is 2.15.